The van der Waals surface area contributed by atoms with E-state index in [1.165, 1.54) is 0 Å². The minimum absolute atomic E-state index is 0.266. The maximum Gasteiger partial charge on any atom is 0.222 e. The van der Waals surface area contributed by atoms with Gasteiger partial charge in [0.15, 0.2) is 0 Å². The van der Waals surface area contributed by atoms with Gasteiger partial charge in [-0.3, -0.25) is 4.79 Å². The quantitative estimate of drug-likeness (QED) is 0.773. The molecule has 2 aliphatic heterocycles. The van der Waals surface area contributed by atoms with Crippen molar-refractivity contribution < 1.29 is 9.53 Å². The summed E-state index contributed by atoms with van der Waals surface area (Å²) in [5.41, 5.74) is 2.25. The van der Waals surface area contributed by atoms with Crippen molar-refractivity contribution in [3.8, 4) is 0 Å². The molecule has 0 bridgehead atoms. The lowest BCUT2D eigenvalue weighted by atomic mass is 10.0. The number of aromatic nitrogens is 2. The first-order valence-corrected chi connectivity index (χ1v) is 9.16. The maximum absolute atomic E-state index is 12.5. The summed E-state index contributed by atoms with van der Waals surface area (Å²) in [6, 6.07) is 0. The fourth-order valence-corrected chi connectivity index (χ4v) is 3.45. The van der Waals surface area contributed by atoms with E-state index in [1.807, 2.05) is 11.8 Å². The first-order valence-electron chi connectivity index (χ1n) is 9.16. The van der Waals surface area contributed by atoms with Crippen LogP contribution >= 0.6 is 0 Å². The molecule has 1 fully saturated rings. The molecule has 6 nitrogen and oxygen atoms in total. The van der Waals surface area contributed by atoms with E-state index in [1.54, 1.807) is 0 Å². The third-order valence-electron chi connectivity index (χ3n) is 4.81. The van der Waals surface area contributed by atoms with E-state index < -0.39 is 0 Å². The van der Waals surface area contributed by atoms with Crippen LogP contribution in [0.2, 0.25) is 0 Å². The van der Waals surface area contributed by atoms with Gasteiger partial charge in [0, 0.05) is 38.0 Å². The zero-order valence-electron chi connectivity index (χ0n) is 14.9. The van der Waals surface area contributed by atoms with Crippen molar-refractivity contribution in [1.29, 1.82) is 0 Å². The summed E-state index contributed by atoms with van der Waals surface area (Å²) in [5, 5.41) is 0. The number of rotatable bonds is 5. The molecule has 1 aromatic rings. The molecule has 132 valence electrons. The number of hydrogen-bond acceptors (Lipinski definition) is 5. The molecule has 0 saturated carbocycles. The van der Waals surface area contributed by atoms with Crippen LogP contribution in [0.3, 0.4) is 0 Å². The van der Waals surface area contributed by atoms with E-state index in [0.29, 0.717) is 13.0 Å². The molecular formula is C18H28N4O2. The third-order valence-corrected chi connectivity index (χ3v) is 4.81. The highest BCUT2D eigenvalue weighted by molar-refractivity contribution is 5.76. The zero-order valence-corrected chi connectivity index (χ0v) is 14.9. The molecule has 3 rings (SSSR count). The molecule has 0 aromatic carbocycles. The summed E-state index contributed by atoms with van der Waals surface area (Å²) in [5.74, 6) is 2.09. The molecule has 0 spiro atoms. The molecule has 0 aliphatic carbocycles. The number of fused-ring (bicyclic) bond motifs is 1. The van der Waals surface area contributed by atoms with E-state index >= 15 is 0 Å². The van der Waals surface area contributed by atoms with Gasteiger partial charge in [0.2, 0.25) is 5.91 Å². The maximum atomic E-state index is 12.5. The highest BCUT2D eigenvalue weighted by Gasteiger charge is 2.27. The minimum atomic E-state index is 0.266. The Balaban J connectivity index is 1.77. The second kappa shape index (κ2) is 7.92. The topological polar surface area (TPSA) is 58.6 Å². The van der Waals surface area contributed by atoms with Crippen LogP contribution in [0, 0.1) is 6.92 Å². The Morgan fingerprint density at radius 2 is 1.96 bits per heavy atom. The molecule has 24 heavy (non-hydrogen) atoms. The normalized spacial score (nSPS) is 17.8. The number of morpholine rings is 1. The van der Waals surface area contributed by atoms with E-state index in [9.17, 15) is 4.79 Å². The standard InChI is InChI=1S/C18H28N4O2/c1-3-4-5-6-17(23)22-8-7-16-15(13-22)18(20-14(2)19-16)21-9-11-24-12-10-21/h3-13H2,1-2H3. The van der Waals surface area contributed by atoms with Crippen LogP contribution in [0.4, 0.5) is 5.82 Å². The molecule has 1 aromatic heterocycles. The van der Waals surface area contributed by atoms with Gasteiger partial charge in [-0.15, -0.1) is 0 Å². The first-order chi connectivity index (χ1) is 11.7. The Morgan fingerprint density at radius 3 is 2.71 bits per heavy atom. The number of hydrogen-bond donors (Lipinski definition) is 0. The molecular weight excluding hydrogens is 304 g/mol. The van der Waals surface area contributed by atoms with Crippen LogP contribution in [0.25, 0.3) is 0 Å². The van der Waals surface area contributed by atoms with Crippen LogP contribution in [0.5, 0.6) is 0 Å². The Labute approximate surface area is 144 Å². The monoisotopic (exact) mass is 332 g/mol. The van der Waals surface area contributed by atoms with Crippen molar-refractivity contribution in [1.82, 2.24) is 14.9 Å². The fourth-order valence-electron chi connectivity index (χ4n) is 3.45. The highest BCUT2D eigenvalue weighted by Crippen LogP contribution is 2.27. The SMILES string of the molecule is CCCCCC(=O)N1CCc2nc(C)nc(N3CCOCC3)c2C1. The summed E-state index contributed by atoms with van der Waals surface area (Å²) in [6.07, 6.45) is 4.74. The van der Waals surface area contributed by atoms with Crippen molar-refractivity contribution >= 4 is 11.7 Å². The average molecular weight is 332 g/mol. The van der Waals surface area contributed by atoms with Gasteiger partial charge in [-0.25, -0.2) is 9.97 Å². The fraction of sp³-hybridized carbons (Fsp3) is 0.722. The average Bonchev–Trinajstić information content (AvgIpc) is 2.61. The number of anilines is 1. The number of carbonyl (C=O) groups excluding carboxylic acids is 1. The van der Waals surface area contributed by atoms with Crippen LogP contribution in [-0.4, -0.2) is 53.6 Å². The Bertz CT molecular complexity index is 585. The third kappa shape index (κ3) is 3.86. The minimum Gasteiger partial charge on any atom is -0.378 e. The van der Waals surface area contributed by atoms with Crippen LogP contribution in [0.15, 0.2) is 0 Å². The second-order valence-electron chi connectivity index (χ2n) is 6.64. The molecule has 6 heteroatoms. The van der Waals surface area contributed by atoms with Crippen molar-refractivity contribution in [3.05, 3.63) is 17.1 Å². The van der Waals surface area contributed by atoms with Crippen molar-refractivity contribution in [2.75, 3.05) is 37.7 Å². The van der Waals surface area contributed by atoms with Crippen molar-refractivity contribution in [2.45, 2.75) is 52.5 Å². The predicted molar refractivity (Wildman–Crippen MR) is 93.1 cm³/mol. The second-order valence-corrected chi connectivity index (χ2v) is 6.64. The van der Waals surface area contributed by atoms with Gasteiger partial charge in [0.1, 0.15) is 11.6 Å². The van der Waals surface area contributed by atoms with Crippen LogP contribution in [0.1, 0.15) is 49.7 Å². The molecule has 0 radical (unpaired) electrons. The van der Waals surface area contributed by atoms with Crippen molar-refractivity contribution in [2.24, 2.45) is 0 Å². The highest BCUT2D eigenvalue weighted by atomic mass is 16.5. The Hall–Kier alpha value is -1.69. The lowest BCUT2D eigenvalue weighted by molar-refractivity contribution is -0.132. The van der Waals surface area contributed by atoms with Gasteiger partial charge in [-0.1, -0.05) is 19.8 Å². The van der Waals surface area contributed by atoms with E-state index in [2.05, 4.69) is 16.8 Å². The van der Waals surface area contributed by atoms with Crippen LogP contribution < -0.4 is 4.90 Å². The summed E-state index contributed by atoms with van der Waals surface area (Å²) in [7, 11) is 0. The number of amides is 1. The smallest absolute Gasteiger partial charge is 0.222 e. The largest absolute Gasteiger partial charge is 0.378 e. The zero-order chi connectivity index (χ0) is 16.9. The van der Waals surface area contributed by atoms with Gasteiger partial charge < -0.3 is 14.5 Å². The van der Waals surface area contributed by atoms with Gasteiger partial charge in [0.05, 0.1) is 25.5 Å². The molecule has 0 atom stereocenters. The summed E-state index contributed by atoms with van der Waals surface area (Å²) < 4.78 is 5.46. The van der Waals surface area contributed by atoms with Gasteiger partial charge in [0.25, 0.3) is 0 Å². The molecule has 1 amide bonds. The summed E-state index contributed by atoms with van der Waals surface area (Å²) >= 11 is 0. The summed E-state index contributed by atoms with van der Waals surface area (Å²) in [6.45, 7) is 8.71. The first kappa shape index (κ1) is 17.1. The number of unbranched alkanes of at least 4 members (excludes halogenated alkanes) is 2. The number of ether oxygens (including phenoxy) is 1. The molecule has 0 N–H and O–H groups in total. The van der Waals surface area contributed by atoms with Gasteiger partial charge in [-0.2, -0.15) is 0 Å². The van der Waals surface area contributed by atoms with Gasteiger partial charge in [-0.05, 0) is 13.3 Å². The number of carbonyl (C=O) groups is 1. The number of aryl methyl sites for hydroxylation is 1. The van der Waals surface area contributed by atoms with Crippen molar-refractivity contribution in [3.63, 3.8) is 0 Å². The lowest BCUT2D eigenvalue weighted by Gasteiger charge is -2.34. The van der Waals surface area contributed by atoms with E-state index in [-0.39, 0.29) is 5.91 Å². The van der Waals surface area contributed by atoms with E-state index in [4.69, 9.17) is 9.72 Å². The van der Waals surface area contributed by atoms with Crippen LogP contribution in [-0.2, 0) is 22.5 Å². The Kier molecular flexibility index (Phi) is 5.66. The molecule has 1 saturated heterocycles. The summed E-state index contributed by atoms with van der Waals surface area (Å²) in [4.78, 5) is 26.1. The number of nitrogens with zero attached hydrogens (tertiary/aromatic N) is 4. The van der Waals surface area contributed by atoms with E-state index in [0.717, 1.165) is 81.4 Å². The Morgan fingerprint density at radius 1 is 1.17 bits per heavy atom. The van der Waals surface area contributed by atoms with Gasteiger partial charge >= 0.3 is 0 Å². The lowest BCUT2D eigenvalue weighted by Crippen LogP contribution is -2.41. The molecule has 2 aliphatic rings. The predicted octanol–water partition coefficient (Wildman–Crippen LogP) is 2.09. The molecule has 0 unspecified atom stereocenters. The molecule has 3 heterocycles.